The minimum absolute atomic E-state index is 0.110. The van der Waals surface area contributed by atoms with Crippen LogP contribution in [0.5, 0.6) is 0 Å². The molecule has 0 spiro atoms. The molecule has 2 aromatic heterocycles. The van der Waals surface area contributed by atoms with Gasteiger partial charge in [-0.25, -0.2) is 9.78 Å². The Morgan fingerprint density at radius 2 is 1.88 bits per heavy atom. The maximum absolute atomic E-state index is 13.5. The average molecular weight is 444 g/mol. The molecule has 10 heteroatoms. The molecule has 7 nitrogen and oxygen atoms in total. The summed E-state index contributed by atoms with van der Waals surface area (Å²) in [4.78, 5) is 31.7. The third kappa shape index (κ3) is 4.16. The molecule has 2 aromatic carbocycles. The van der Waals surface area contributed by atoms with Crippen molar-refractivity contribution in [3.8, 4) is 0 Å². The fourth-order valence-electron chi connectivity index (χ4n) is 3.69. The summed E-state index contributed by atoms with van der Waals surface area (Å²) in [5.41, 5.74) is 1.91. The Morgan fingerprint density at radius 1 is 1.16 bits per heavy atom. The predicted octanol–water partition coefficient (Wildman–Crippen LogP) is 3.44. The summed E-state index contributed by atoms with van der Waals surface area (Å²) in [6.07, 6.45) is -2.91. The first-order valence-corrected chi connectivity index (χ1v) is 9.72. The van der Waals surface area contributed by atoms with Crippen LogP contribution in [-0.4, -0.2) is 39.6 Å². The number of para-hydroxylation sites is 3. The van der Waals surface area contributed by atoms with E-state index in [1.165, 1.54) is 19.2 Å². The Morgan fingerprint density at radius 3 is 2.62 bits per heavy atom. The van der Waals surface area contributed by atoms with Crippen molar-refractivity contribution in [2.45, 2.75) is 25.2 Å². The van der Waals surface area contributed by atoms with Gasteiger partial charge in [0.1, 0.15) is 12.6 Å². The van der Waals surface area contributed by atoms with Crippen LogP contribution in [-0.2, 0) is 33.5 Å². The molecule has 0 aliphatic rings. The van der Waals surface area contributed by atoms with E-state index < -0.39 is 36.5 Å². The third-order valence-corrected chi connectivity index (χ3v) is 5.13. The molecule has 0 saturated carbocycles. The number of nitrogens with one attached hydrogen (secondary N) is 2. The van der Waals surface area contributed by atoms with Crippen LogP contribution >= 0.6 is 0 Å². The SMILES string of the molecule is COC(=O)[C@H](Cc1c[nH]c2ccccc12)NC(=O)Cn1c(C(F)(F)F)nc2ccccc21. The van der Waals surface area contributed by atoms with Gasteiger partial charge in [-0.3, -0.25) is 4.79 Å². The monoisotopic (exact) mass is 444 g/mol. The highest BCUT2D eigenvalue weighted by atomic mass is 19.4. The van der Waals surface area contributed by atoms with E-state index in [0.717, 1.165) is 21.0 Å². The van der Waals surface area contributed by atoms with Gasteiger partial charge in [0, 0.05) is 23.5 Å². The van der Waals surface area contributed by atoms with Crippen molar-refractivity contribution in [2.75, 3.05) is 7.11 Å². The van der Waals surface area contributed by atoms with E-state index in [2.05, 4.69) is 15.3 Å². The van der Waals surface area contributed by atoms with Crippen molar-refractivity contribution >= 4 is 33.8 Å². The van der Waals surface area contributed by atoms with E-state index in [4.69, 9.17) is 4.74 Å². The minimum atomic E-state index is -4.74. The number of amides is 1. The number of carbonyl (C=O) groups is 2. The molecule has 0 radical (unpaired) electrons. The number of esters is 1. The first kappa shape index (κ1) is 21.4. The molecule has 1 amide bonds. The van der Waals surface area contributed by atoms with Gasteiger partial charge in [-0.1, -0.05) is 30.3 Å². The zero-order chi connectivity index (χ0) is 22.9. The first-order valence-electron chi connectivity index (χ1n) is 9.72. The van der Waals surface area contributed by atoms with Crippen molar-refractivity contribution in [3.05, 3.63) is 66.1 Å². The molecule has 0 saturated heterocycles. The van der Waals surface area contributed by atoms with Crippen LogP contribution in [0.3, 0.4) is 0 Å². The van der Waals surface area contributed by atoms with E-state index in [1.807, 2.05) is 24.3 Å². The Balaban J connectivity index is 1.59. The second-order valence-corrected chi connectivity index (χ2v) is 7.21. The molecule has 166 valence electrons. The number of rotatable bonds is 6. The largest absolute Gasteiger partial charge is 0.467 e. The highest BCUT2D eigenvalue weighted by molar-refractivity contribution is 5.88. The zero-order valence-electron chi connectivity index (χ0n) is 16.9. The van der Waals surface area contributed by atoms with Crippen molar-refractivity contribution in [1.29, 1.82) is 0 Å². The fourth-order valence-corrected chi connectivity index (χ4v) is 3.69. The molecule has 4 rings (SSSR count). The number of hydrogen-bond donors (Lipinski definition) is 2. The van der Waals surface area contributed by atoms with Crippen LogP contribution in [0.15, 0.2) is 54.7 Å². The van der Waals surface area contributed by atoms with Gasteiger partial charge in [-0.2, -0.15) is 13.2 Å². The lowest BCUT2D eigenvalue weighted by Crippen LogP contribution is -2.44. The second-order valence-electron chi connectivity index (χ2n) is 7.21. The molecule has 2 N–H and O–H groups in total. The maximum Gasteiger partial charge on any atom is 0.449 e. The highest BCUT2D eigenvalue weighted by Crippen LogP contribution is 2.31. The summed E-state index contributed by atoms with van der Waals surface area (Å²) >= 11 is 0. The van der Waals surface area contributed by atoms with Gasteiger partial charge < -0.3 is 19.6 Å². The molecular formula is C22H19F3N4O3. The number of aromatic amines is 1. The zero-order valence-corrected chi connectivity index (χ0v) is 16.9. The van der Waals surface area contributed by atoms with Crippen LogP contribution in [0, 0.1) is 0 Å². The summed E-state index contributed by atoms with van der Waals surface area (Å²) in [6.45, 7) is -0.656. The smallest absolute Gasteiger partial charge is 0.449 e. The number of ether oxygens (including phenoxy) is 1. The second kappa shape index (κ2) is 8.37. The Labute approximate surface area is 180 Å². The summed E-state index contributed by atoms with van der Waals surface area (Å²) in [5.74, 6) is -2.65. The van der Waals surface area contributed by atoms with Crippen molar-refractivity contribution in [3.63, 3.8) is 0 Å². The van der Waals surface area contributed by atoms with E-state index in [0.29, 0.717) is 0 Å². The number of alkyl halides is 3. The van der Waals surface area contributed by atoms with E-state index >= 15 is 0 Å². The molecular weight excluding hydrogens is 425 g/mol. The van der Waals surface area contributed by atoms with E-state index in [1.54, 1.807) is 18.3 Å². The van der Waals surface area contributed by atoms with Gasteiger partial charge >= 0.3 is 12.1 Å². The molecule has 0 fully saturated rings. The summed E-state index contributed by atoms with van der Waals surface area (Å²) in [6, 6.07) is 12.4. The molecule has 0 bridgehead atoms. The fraction of sp³-hybridized carbons (Fsp3) is 0.227. The Bertz CT molecular complexity index is 1290. The summed E-state index contributed by atoms with van der Waals surface area (Å²) in [5, 5.41) is 3.38. The van der Waals surface area contributed by atoms with Gasteiger partial charge in [0.05, 0.1) is 18.1 Å². The number of benzene rings is 2. The number of imidazole rings is 1. The lowest BCUT2D eigenvalue weighted by Gasteiger charge is -2.17. The Hall–Kier alpha value is -3.82. The molecule has 1 atom stereocenters. The van der Waals surface area contributed by atoms with Gasteiger partial charge in [0.25, 0.3) is 0 Å². The van der Waals surface area contributed by atoms with Gasteiger partial charge in [-0.15, -0.1) is 0 Å². The lowest BCUT2D eigenvalue weighted by atomic mass is 10.0. The lowest BCUT2D eigenvalue weighted by molar-refractivity contribution is -0.148. The number of methoxy groups -OCH3 is 1. The number of fused-ring (bicyclic) bond motifs is 2. The topological polar surface area (TPSA) is 89.0 Å². The number of hydrogen-bond acceptors (Lipinski definition) is 4. The van der Waals surface area contributed by atoms with Crippen LogP contribution in [0.1, 0.15) is 11.4 Å². The van der Waals surface area contributed by atoms with E-state index in [9.17, 15) is 22.8 Å². The van der Waals surface area contributed by atoms with Gasteiger partial charge in [-0.05, 0) is 23.8 Å². The normalized spacial score (nSPS) is 12.8. The number of aromatic nitrogens is 3. The third-order valence-electron chi connectivity index (χ3n) is 5.13. The number of nitrogens with zero attached hydrogens (tertiary/aromatic N) is 2. The quantitative estimate of drug-likeness (QED) is 0.446. The van der Waals surface area contributed by atoms with Crippen LogP contribution in [0.2, 0.25) is 0 Å². The van der Waals surface area contributed by atoms with Crippen LogP contribution in [0.25, 0.3) is 21.9 Å². The standard InChI is InChI=1S/C22H19F3N4O3/c1-32-20(31)17(10-13-11-26-15-7-3-2-6-14(13)15)27-19(30)12-29-18-9-5-4-8-16(18)28-21(29)22(23,24)25/h2-9,11,17,26H,10,12H2,1H3,(H,27,30)/t17-/m0/s1. The minimum Gasteiger partial charge on any atom is -0.467 e. The maximum atomic E-state index is 13.5. The molecule has 0 aliphatic heterocycles. The number of H-pyrrole nitrogens is 1. The van der Waals surface area contributed by atoms with Gasteiger partial charge in [0.15, 0.2) is 0 Å². The highest BCUT2D eigenvalue weighted by Gasteiger charge is 2.38. The van der Waals surface area contributed by atoms with Crippen LogP contribution in [0.4, 0.5) is 13.2 Å². The predicted molar refractivity (Wildman–Crippen MR) is 111 cm³/mol. The number of halogens is 3. The average Bonchev–Trinajstić information content (AvgIpc) is 3.34. The molecule has 32 heavy (non-hydrogen) atoms. The summed E-state index contributed by atoms with van der Waals surface area (Å²) < 4.78 is 46.1. The summed E-state index contributed by atoms with van der Waals surface area (Å²) in [7, 11) is 1.18. The van der Waals surface area contributed by atoms with Crippen molar-refractivity contribution in [2.24, 2.45) is 0 Å². The van der Waals surface area contributed by atoms with E-state index in [-0.39, 0.29) is 17.5 Å². The molecule has 4 aromatic rings. The first-order chi connectivity index (χ1) is 15.3. The Kier molecular flexibility index (Phi) is 5.60. The number of carbonyl (C=O) groups excluding carboxylic acids is 2. The van der Waals surface area contributed by atoms with Crippen molar-refractivity contribution in [1.82, 2.24) is 19.9 Å². The molecule has 2 heterocycles. The van der Waals surface area contributed by atoms with Crippen LogP contribution < -0.4 is 5.32 Å². The van der Waals surface area contributed by atoms with Gasteiger partial charge in [0.2, 0.25) is 11.7 Å². The molecule has 0 aliphatic carbocycles. The molecule has 0 unspecified atom stereocenters. The van der Waals surface area contributed by atoms with Crippen molar-refractivity contribution < 1.29 is 27.5 Å².